The Kier molecular flexibility index (Phi) is 5.69. The summed E-state index contributed by atoms with van der Waals surface area (Å²) in [5, 5.41) is 0. The summed E-state index contributed by atoms with van der Waals surface area (Å²) in [6, 6.07) is -6.58. The van der Waals surface area contributed by atoms with Gasteiger partial charge in [0.15, 0.2) is 0 Å². The van der Waals surface area contributed by atoms with E-state index in [1.165, 1.54) is 0 Å². The van der Waals surface area contributed by atoms with Crippen LogP contribution in [0.3, 0.4) is 0 Å². The molecule has 0 aliphatic rings. The van der Waals surface area contributed by atoms with Gasteiger partial charge in [0.2, 0.25) is 6.08 Å². The van der Waals surface area contributed by atoms with Crippen LogP contribution in [0.2, 0.25) is 0 Å². The first-order valence-corrected chi connectivity index (χ1v) is 5.32. The zero-order valence-electron chi connectivity index (χ0n) is 10.7. The van der Waals surface area contributed by atoms with Crippen molar-refractivity contribution < 1.29 is 61.9 Å². The van der Waals surface area contributed by atoms with Crippen LogP contribution in [0.1, 0.15) is 12.8 Å². The van der Waals surface area contributed by atoms with Crippen molar-refractivity contribution in [1.29, 1.82) is 0 Å². The molecule has 0 bridgehead atoms. The highest BCUT2D eigenvalue weighted by Gasteiger charge is 2.86. The van der Waals surface area contributed by atoms with Gasteiger partial charge in [-0.15, -0.1) is 4.99 Å². The molecule has 0 aliphatic heterocycles. The van der Waals surface area contributed by atoms with E-state index in [4.69, 9.17) is 0 Å². The van der Waals surface area contributed by atoms with Gasteiger partial charge >= 0.3 is 35.9 Å². The smallest absolute Gasteiger partial charge is 0.211 e. The molecule has 0 radical (unpaired) electrons. The molecule has 2 nitrogen and oxygen atoms in total. The maximum Gasteiger partial charge on any atom is 0.421 e. The first-order chi connectivity index (χ1) is 10.3. The molecule has 0 aliphatic carbocycles. The van der Waals surface area contributed by atoms with Gasteiger partial charge < -0.3 is 0 Å². The Morgan fingerprint density at radius 2 is 1.04 bits per heavy atom. The SMILES string of the molecule is O=C=NC(F)(F)C(F)(F)C(F)(F)C(F)(F)C(F)(F)CCC(F)(F)F. The molecule has 15 heteroatoms. The van der Waals surface area contributed by atoms with Crippen molar-refractivity contribution in [3.63, 3.8) is 0 Å². The summed E-state index contributed by atoms with van der Waals surface area (Å²) in [6.45, 7) is 0. The topological polar surface area (TPSA) is 29.4 Å². The number of carbonyl (C=O) groups excluding carboxylic acids is 1. The summed E-state index contributed by atoms with van der Waals surface area (Å²) in [6.07, 6.45) is -11.8. The van der Waals surface area contributed by atoms with Crippen molar-refractivity contribution in [3.05, 3.63) is 0 Å². The summed E-state index contributed by atoms with van der Waals surface area (Å²) in [7, 11) is 0. The molecule has 0 N–H and O–H groups in total. The van der Waals surface area contributed by atoms with Gasteiger partial charge in [0.25, 0.3) is 0 Å². The molecule has 0 heterocycles. The standard InChI is InChI=1S/C9H4F13NO/c10-4(11,1-2-5(12,13)14)6(15,16)7(17,18)8(19,20)9(21,22)23-3-24/h1-2H2. The van der Waals surface area contributed by atoms with E-state index >= 15 is 0 Å². The number of hydrogen-bond acceptors (Lipinski definition) is 2. The Hall–Kier alpha value is -1.53. The van der Waals surface area contributed by atoms with Crippen molar-refractivity contribution in [2.24, 2.45) is 4.99 Å². The maximum atomic E-state index is 13.0. The number of hydrogen-bond donors (Lipinski definition) is 0. The fourth-order valence-corrected chi connectivity index (χ4v) is 1.20. The first kappa shape index (κ1) is 22.5. The molecule has 0 amide bonds. The van der Waals surface area contributed by atoms with Gasteiger partial charge in [-0.3, -0.25) is 0 Å². The van der Waals surface area contributed by atoms with Crippen molar-refractivity contribution in [3.8, 4) is 0 Å². The predicted octanol–water partition coefficient (Wildman–Crippen LogP) is 4.80. The van der Waals surface area contributed by atoms with Crippen LogP contribution in [0.25, 0.3) is 0 Å². The number of nitrogens with zero attached hydrogens (tertiary/aromatic N) is 1. The molecular weight excluding hydrogens is 385 g/mol. The Labute approximate surface area is 123 Å². The molecule has 0 saturated carbocycles. The third-order valence-corrected chi connectivity index (χ3v) is 2.53. The average Bonchev–Trinajstić information content (AvgIpc) is 2.34. The number of isocyanates is 1. The molecule has 0 fully saturated rings. The van der Waals surface area contributed by atoms with E-state index in [0.29, 0.717) is 0 Å². The first-order valence-electron chi connectivity index (χ1n) is 5.32. The third-order valence-electron chi connectivity index (χ3n) is 2.53. The van der Waals surface area contributed by atoms with E-state index in [9.17, 15) is 61.9 Å². The summed E-state index contributed by atoms with van der Waals surface area (Å²) in [5.74, 6) is -28.7. The van der Waals surface area contributed by atoms with E-state index in [0.717, 1.165) is 4.99 Å². The molecule has 0 spiro atoms. The summed E-state index contributed by atoms with van der Waals surface area (Å²) in [4.78, 5) is 10.3. The van der Waals surface area contributed by atoms with Crippen molar-refractivity contribution in [1.82, 2.24) is 0 Å². The van der Waals surface area contributed by atoms with Gasteiger partial charge in [-0.05, 0) is 0 Å². The third kappa shape index (κ3) is 3.75. The molecule has 0 atom stereocenters. The Morgan fingerprint density at radius 1 is 0.625 bits per heavy atom. The minimum Gasteiger partial charge on any atom is -0.211 e. The van der Waals surface area contributed by atoms with Crippen LogP contribution in [0.15, 0.2) is 4.99 Å². The van der Waals surface area contributed by atoms with Crippen LogP contribution >= 0.6 is 0 Å². The summed E-state index contributed by atoms with van der Waals surface area (Å²) in [5.41, 5.74) is 0. The van der Waals surface area contributed by atoms with Gasteiger partial charge in [0.05, 0.1) is 0 Å². The molecule has 24 heavy (non-hydrogen) atoms. The van der Waals surface area contributed by atoms with E-state index in [-0.39, 0.29) is 6.08 Å². The van der Waals surface area contributed by atoms with E-state index in [1.54, 1.807) is 0 Å². The fraction of sp³-hybridized carbons (Fsp3) is 0.889. The highest BCUT2D eigenvalue weighted by Crippen LogP contribution is 2.58. The van der Waals surface area contributed by atoms with Crippen molar-refractivity contribution in [2.45, 2.75) is 48.8 Å². The second-order valence-electron chi connectivity index (χ2n) is 4.29. The van der Waals surface area contributed by atoms with Crippen molar-refractivity contribution >= 4 is 6.08 Å². The van der Waals surface area contributed by atoms with Crippen molar-refractivity contribution in [2.75, 3.05) is 0 Å². The summed E-state index contributed by atoms with van der Waals surface area (Å²) < 4.78 is 164. The van der Waals surface area contributed by atoms with Crippen LogP contribution in [-0.2, 0) is 4.79 Å². The van der Waals surface area contributed by atoms with Crippen LogP contribution in [0.5, 0.6) is 0 Å². The molecule has 0 saturated heterocycles. The van der Waals surface area contributed by atoms with Crippen LogP contribution in [-0.4, -0.2) is 42.0 Å². The minimum absolute atomic E-state index is 0.348. The van der Waals surface area contributed by atoms with Gasteiger partial charge in [-0.2, -0.15) is 57.1 Å². The zero-order chi connectivity index (χ0) is 19.8. The molecular formula is C9H4F13NO. The molecule has 142 valence electrons. The lowest BCUT2D eigenvalue weighted by Gasteiger charge is -2.38. The van der Waals surface area contributed by atoms with Crippen LogP contribution < -0.4 is 0 Å². The highest BCUT2D eigenvalue weighted by molar-refractivity contribution is 5.34. The summed E-state index contributed by atoms with van der Waals surface area (Å²) >= 11 is 0. The second kappa shape index (κ2) is 6.08. The van der Waals surface area contributed by atoms with Crippen LogP contribution in [0.4, 0.5) is 57.1 Å². The maximum absolute atomic E-state index is 13.0. The molecule has 0 aromatic heterocycles. The predicted molar refractivity (Wildman–Crippen MR) is 48.1 cm³/mol. The van der Waals surface area contributed by atoms with Gasteiger partial charge in [-0.25, -0.2) is 4.79 Å². The monoisotopic (exact) mass is 389 g/mol. The minimum atomic E-state index is -7.57. The Morgan fingerprint density at radius 3 is 1.38 bits per heavy atom. The molecule has 0 aromatic rings. The zero-order valence-corrected chi connectivity index (χ0v) is 10.7. The van der Waals surface area contributed by atoms with Gasteiger partial charge in [0, 0.05) is 12.8 Å². The van der Waals surface area contributed by atoms with E-state index in [2.05, 4.69) is 0 Å². The Bertz CT molecular complexity index is 502. The number of rotatable bonds is 7. The molecule has 0 aromatic carbocycles. The van der Waals surface area contributed by atoms with E-state index < -0.39 is 48.8 Å². The lowest BCUT2D eigenvalue weighted by Crippen LogP contribution is -2.66. The average molecular weight is 389 g/mol. The number of alkyl halides is 13. The normalized spacial score (nSPS) is 15.2. The quantitative estimate of drug-likeness (QED) is 0.266. The second-order valence-corrected chi connectivity index (χ2v) is 4.29. The number of halogens is 13. The molecule has 0 unspecified atom stereocenters. The lowest BCUT2D eigenvalue weighted by molar-refractivity contribution is -0.401. The molecule has 0 rings (SSSR count). The lowest BCUT2D eigenvalue weighted by atomic mass is 9.94. The fourth-order valence-electron chi connectivity index (χ4n) is 1.20. The van der Waals surface area contributed by atoms with E-state index in [1.807, 2.05) is 0 Å². The highest BCUT2D eigenvalue weighted by atomic mass is 19.4. The van der Waals surface area contributed by atoms with Gasteiger partial charge in [-0.1, -0.05) is 0 Å². The van der Waals surface area contributed by atoms with Crippen LogP contribution in [0, 0.1) is 0 Å². The largest absolute Gasteiger partial charge is 0.421 e. The van der Waals surface area contributed by atoms with Gasteiger partial charge in [0.1, 0.15) is 0 Å². The number of aliphatic imine (C=N–C) groups is 1. The Balaban J connectivity index is 5.93.